The van der Waals surface area contributed by atoms with Gasteiger partial charge in [0, 0.05) is 18.6 Å². The number of nitrogens with zero attached hydrogens (tertiary/aromatic N) is 1. The molecule has 0 saturated heterocycles. The second-order valence-electron chi connectivity index (χ2n) is 10.6. The molecule has 2 heteroatoms. The second-order valence-corrected chi connectivity index (χ2v) is 10.6. The lowest BCUT2D eigenvalue weighted by Crippen LogP contribution is -2.50. The highest BCUT2D eigenvalue weighted by molar-refractivity contribution is 5.91. The molecule has 0 radical (unpaired) electrons. The lowest BCUT2D eigenvalue weighted by atomic mass is 9.46. The van der Waals surface area contributed by atoms with Crippen LogP contribution in [0.4, 0.5) is 5.69 Å². The number of fused-ring (bicyclic) bond motifs is 6. The Morgan fingerprint density at radius 3 is 2.61 bits per heavy atom. The van der Waals surface area contributed by atoms with Crippen LogP contribution in [0.3, 0.4) is 0 Å². The van der Waals surface area contributed by atoms with E-state index < -0.39 is 0 Å². The number of ketones is 1. The first-order valence-electron chi connectivity index (χ1n) is 12.6. The van der Waals surface area contributed by atoms with Gasteiger partial charge in [-0.25, -0.2) is 0 Å². The Hall–Kier alpha value is -1.96. The normalized spacial score (nSPS) is 39.9. The van der Waals surface area contributed by atoms with Gasteiger partial charge in [-0.15, -0.1) is 0 Å². The topological polar surface area (TPSA) is 29.4 Å². The molecule has 5 aliphatic rings. The van der Waals surface area contributed by atoms with Crippen LogP contribution >= 0.6 is 0 Å². The van der Waals surface area contributed by atoms with Gasteiger partial charge >= 0.3 is 0 Å². The van der Waals surface area contributed by atoms with Gasteiger partial charge in [0.25, 0.3) is 0 Å². The molecule has 1 aromatic rings. The van der Waals surface area contributed by atoms with Crippen LogP contribution in [0, 0.1) is 28.6 Å². The van der Waals surface area contributed by atoms with Gasteiger partial charge in [0.05, 0.1) is 5.69 Å². The molecule has 0 amide bonds. The van der Waals surface area contributed by atoms with Gasteiger partial charge in [-0.2, -0.15) is 0 Å². The lowest BCUT2D eigenvalue weighted by molar-refractivity contribution is -0.117. The molecule has 2 fully saturated rings. The van der Waals surface area contributed by atoms with E-state index in [9.17, 15) is 4.79 Å². The minimum absolute atomic E-state index is 0.266. The molecule has 164 valence electrons. The van der Waals surface area contributed by atoms with Crippen LogP contribution in [-0.2, 0) is 4.79 Å². The van der Waals surface area contributed by atoms with Crippen LogP contribution in [-0.4, -0.2) is 12.0 Å². The van der Waals surface area contributed by atoms with Gasteiger partial charge < -0.3 is 0 Å². The predicted molar refractivity (Wildman–Crippen MR) is 129 cm³/mol. The van der Waals surface area contributed by atoms with Gasteiger partial charge in [-0.05, 0) is 84.8 Å². The summed E-state index contributed by atoms with van der Waals surface area (Å²) >= 11 is 0. The van der Waals surface area contributed by atoms with Crippen molar-refractivity contribution in [3.8, 4) is 0 Å². The molecular weight excluding hydrogens is 378 g/mol. The molecule has 1 aliphatic heterocycles. The first kappa shape index (κ1) is 20.9. The Balaban J connectivity index is 0.000000994. The van der Waals surface area contributed by atoms with E-state index in [0.29, 0.717) is 17.1 Å². The minimum Gasteiger partial charge on any atom is -0.295 e. The average molecular weight is 416 g/mol. The molecule has 0 aromatic heterocycles. The number of carbonyl (C=O) groups is 1. The molecule has 0 bridgehead atoms. The lowest BCUT2D eigenvalue weighted by Gasteiger charge is -2.58. The Labute approximate surface area is 187 Å². The van der Waals surface area contributed by atoms with E-state index in [1.165, 1.54) is 36.8 Å². The van der Waals surface area contributed by atoms with Crippen molar-refractivity contribution in [2.75, 3.05) is 0 Å². The maximum Gasteiger partial charge on any atom is 0.155 e. The third-order valence-electron chi connectivity index (χ3n) is 9.57. The Kier molecular flexibility index (Phi) is 5.11. The Bertz CT molecular complexity index is 984. The van der Waals surface area contributed by atoms with Gasteiger partial charge in [0.2, 0.25) is 0 Å². The number of aliphatic imine (C=N–C) groups is 1. The molecule has 4 unspecified atom stereocenters. The van der Waals surface area contributed by atoms with Crippen molar-refractivity contribution in [1.82, 2.24) is 0 Å². The van der Waals surface area contributed by atoms with Crippen molar-refractivity contribution in [1.29, 1.82) is 0 Å². The van der Waals surface area contributed by atoms with Crippen LogP contribution < -0.4 is 0 Å². The fraction of sp³-hybridized carbons (Fsp3) is 0.586. The number of hydrogen-bond acceptors (Lipinski definition) is 2. The molecule has 31 heavy (non-hydrogen) atoms. The molecule has 2 nitrogen and oxygen atoms in total. The van der Waals surface area contributed by atoms with Gasteiger partial charge in [0.1, 0.15) is 0 Å². The van der Waals surface area contributed by atoms with E-state index >= 15 is 0 Å². The smallest absolute Gasteiger partial charge is 0.155 e. The fourth-order valence-electron chi connectivity index (χ4n) is 7.99. The van der Waals surface area contributed by atoms with Crippen molar-refractivity contribution in [2.45, 2.75) is 78.6 Å². The van der Waals surface area contributed by atoms with Crippen LogP contribution in [0.25, 0.3) is 0 Å². The average Bonchev–Trinajstić information content (AvgIpc) is 3.36. The largest absolute Gasteiger partial charge is 0.295 e. The summed E-state index contributed by atoms with van der Waals surface area (Å²) in [6.07, 6.45) is 14.9. The number of hydrogen-bond donors (Lipinski definition) is 0. The maximum absolute atomic E-state index is 12.0. The van der Waals surface area contributed by atoms with Crippen molar-refractivity contribution in [3.63, 3.8) is 0 Å². The molecule has 2 saturated carbocycles. The summed E-state index contributed by atoms with van der Waals surface area (Å²) in [5, 5.41) is 0. The third-order valence-corrected chi connectivity index (χ3v) is 9.57. The van der Waals surface area contributed by atoms with E-state index in [4.69, 9.17) is 4.99 Å². The standard InChI is InChI=1S/C27H31NO.C2H6/c1-26-13-11-18(29)15-17(26)7-8-20-22-9-10-23(27(22,2)14-12-24(20)26)21-16-28-25-6-4-3-5-19(21)25;1-2/h3-6,10,15-16,20-22,24H,7-9,11-14H2,1-2H3;1-2H3/t20?,21?,22?,24?,26-,27-;/m0./s1. The molecule has 1 aromatic carbocycles. The number of allylic oxidation sites excluding steroid dienone is 4. The van der Waals surface area contributed by atoms with Gasteiger partial charge in [-0.3, -0.25) is 9.79 Å². The van der Waals surface area contributed by atoms with Crippen LogP contribution in [0.2, 0.25) is 0 Å². The minimum atomic E-state index is 0.266. The zero-order chi connectivity index (χ0) is 21.8. The van der Waals surface area contributed by atoms with Crippen LogP contribution in [0.5, 0.6) is 0 Å². The quantitative estimate of drug-likeness (QED) is 0.435. The molecule has 6 rings (SSSR count). The van der Waals surface area contributed by atoms with Crippen molar-refractivity contribution < 1.29 is 4.79 Å². The summed E-state index contributed by atoms with van der Waals surface area (Å²) in [5.41, 5.74) is 6.24. The van der Waals surface area contributed by atoms with Crippen LogP contribution in [0.1, 0.15) is 84.1 Å². The van der Waals surface area contributed by atoms with E-state index in [1.807, 2.05) is 19.9 Å². The fourth-order valence-corrected chi connectivity index (χ4v) is 7.99. The van der Waals surface area contributed by atoms with Gasteiger partial charge in [0.15, 0.2) is 5.78 Å². The number of carbonyl (C=O) groups excluding carboxylic acids is 1. The van der Waals surface area contributed by atoms with Gasteiger partial charge in [-0.1, -0.05) is 63.1 Å². The van der Waals surface area contributed by atoms with E-state index in [-0.39, 0.29) is 5.41 Å². The summed E-state index contributed by atoms with van der Waals surface area (Å²) in [6, 6.07) is 8.68. The highest BCUT2D eigenvalue weighted by Gasteiger charge is 2.57. The Morgan fingerprint density at radius 1 is 0.968 bits per heavy atom. The molecule has 0 N–H and O–H groups in total. The summed E-state index contributed by atoms with van der Waals surface area (Å²) < 4.78 is 0. The maximum atomic E-state index is 12.0. The van der Waals surface area contributed by atoms with E-state index in [2.05, 4.69) is 50.4 Å². The summed E-state index contributed by atoms with van der Waals surface area (Å²) in [5.74, 6) is 3.05. The first-order chi connectivity index (χ1) is 15.0. The second kappa shape index (κ2) is 7.57. The molecule has 0 spiro atoms. The summed E-state index contributed by atoms with van der Waals surface area (Å²) in [6.45, 7) is 9.04. The Morgan fingerprint density at radius 2 is 1.77 bits per heavy atom. The molecule has 4 aliphatic carbocycles. The highest BCUT2D eigenvalue weighted by Crippen LogP contribution is 2.66. The van der Waals surface area contributed by atoms with E-state index in [0.717, 1.165) is 42.7 Å². The number of para-hydroxylation sites is 1. The number of rotatable bonds is 1. The van der Waals surface area contributed by atoms with Crippen molar-refractivity contribution in [2.24, 2.45) is 33.6 Å². The molecular formula is C29H37NO. The zero-order valence-electron chi connectivity index (χ0n) is 19.7. The van der Waals surface area contributed by atoms with E-state index in [1.54, 1.807) is 5.57 Å². The van der Waals surface area contributed by atoms with Crippen molar-refractivity contribution in [3.05, 3.63) is 53.1 Å². The summed E-state index contributed by atoms with van der Waals surface area (Å²) in [7, 11) is 0. The SMILES string of the molecule is CC.C[C@]12CCC(=O)C=C1CCC1C2CC[C@]2(C)C(C3C=Nc4ccccc43)=CCC12. The summed E-state index contributed by atoms with van der Waals surface area (Å²) in [4.78, 5) is 16.8. The zero-order valence-corrected chi connectivity index (χ0v) is 19.7. The third kappa shape index (κ3) is 2.97. The molecule has 6 atom stereocenters. The monoisotopic (exact) mass is 415 g/mol. The number of benzene rings is 1. The van der Waals surface area contributed by atoms with Crippen molar-refractivity contribution >= 4 is 17.7 Å². The predicted octanol–water partition coefficient (Wildman–Crippen LogP) is 7.58. The van der Waals surface area contributed by atoms with Crippen LogP contribution in [0.15, 0.2) is 52.6 Å². The highest BCUT2D eigenvalue weighted by atomic mass is 16.1. The first-order valence-corrected chi connectivity index (χ1v) is 12.6. The molecule has 1 heterocycles.